The van der Waals surface area contributed by atoms with Crippen molar-refractivity contribution in [2.24, 2.45) is 15.9 Å². The van der Waals surface area contributed by atoms with Gasteiger partial charge in [-0.3, -0.25) is 9.69 Å². The van der Waals surface area contributed by atoms with Gasteiger partial charge in [0.25, 0.3) is 0 Å². The van der Waals surface area contributed by atoms with E-state index in [0.29, 0.717) is 17.4 Å². The number of rotatable bonds is 3. The summed E-state index contributed by atoms with van der Waals surface area (Å²) in [7, 11) is 0. The zero-order valence-electron chi connectivity index (χ0n) is 13.1. The van der Waals surface area contributed by atoms with Crippen LogP contribution in [0.2, 0.25) is 0 Å². The molecule has 1 fully saturated rings. The number of nitrogens with zero attached hydrogens (tertiary/aromatic N) is 3. The molecule has 0 bridgehead atoms. The van der Waals surface area contributed by atoms with Gasteiger partial charge in [-0.15, -0.1) is 0 Å². The summed E-state index contributed by atoms with van der Waals surface area (Å²) in [6, 6.07) is -0.0172. The standard InChI is InChI=1S/C15H23N3O2S/c1-10(2)15(7-6-11(15)3)18(9-19)13-8-12(4)16-14(17-13)21(5)20/h9-10,12H,3,6-8H2,1-2,4-5H3. The molecule has 1 aliphatic heterocycles. The van der Waals surface area contributed by atoms with Crippen molar-refractivity contribution < 1.29 is 9.35 Å². The predicted molar refractivity (Wildman–Crippen MR) is 86.9 cm³/mol. The molecule has 21 heavy (non-hydrogen) atoms. The van der Waals surface area contributed by atoms with Crippen LogP contribution >= 0.6 is 0 Å². The van der Waals surface area contributed by atoms with Gasteiger partial charge in [0.2, 0.25) is 6.41 Å². The minimum atomic E-state index is -1.24. The van der Waals surface area contributed by atoms with E-state index in [1.165, 1.54) is 0 Å². The van der Waals surface area contributed by atoms with E-state index in [1.54, 1.807) is 11.2 Å². The lowest BCUT2D eigenvalue weighted by Crippen LogP contribution is -2.61. The lowest BCUT2D eigenvalue weighted by molar-refractivity contribution is -0.120. The Morgan fingerprint density at radius 2 is 2.24 bits per heavy atom. The van der Waals surface area contributed by atoms with Gasteiger partial charge in [-0.2, -0.15) is 4.99 Å². The Kier molecular flexibility index (Phi) is 4.58. The third-order valence-electron chi connectivity index (χ3n) is 4.48. The Bertz CT molecular complexity index is 513. The number of hydrogen-bond acceptors (Lipinski definition) is 4. The zero-order valence-corrected chi connectivity index (χ0v) is 13.9. The number of aliphatic imine (C=N–C) groups is 2. The molecule has 0 aromatic carbocycles. The van der Waals surface area contributed by atoms with Crippen LogP contribution in [0.4, 0.5) is 0 Å². The van der Waals surface area contributed by atoms with Crippen LogP contribution in [-0.2, 0) is 16.0 Å². The van der Waals surface area contributed by atoms with Gasteiger partial charge in [0, 0.05) is 17.6 Å². The van der Waals surface area contributed by atoms with Crippen molar-refractivity contribution in [3.8, 4) is 0 Å². The Morgan fingerprint density at radius 3 is 2.62 bits per heavy atom. The number of carbonyl (C=O) groups is 1. The van der Waals surface area contributed by atoms with Crippen LogP contribution in [0.1, 0.15) is 40.0 Å². The SMILES string of the molecule is C=C1CCC1(C(C)C)N(C=O)C1=NC([S+](C)[O-])=NC(C)C1. The minimum absolute atomic E-state index is 0.0172. The first kappa shape index (κ1) is 16.2. The maximum Gasteiger partial charge on any atom is 0.339 e. The van der Waals surface area contributed by atoms with E-state index in [0.717, 1.165) is 24.8 Å². The molecule has 6 heteroatoms. The Morgan fingerprint density at radius 1 is 1.57 bits per heavy atom. The molecule has 3 unspecified atom stereocenters. The van der Waals surface area contributed by atoms with E-state index in [-0.39, 0.29) is 17.5 Å². The van der Waals surface area contributed by atoms with Gasteiger partial charge in [-0.05, 0) is 25.7 Å². The van der Waals surface area contributed by atoms with Crippen LogP contribution in [-0.4, -0.2) is 44.7 Å². The van der Waals surface area contributed by atoms with Crippen LogP contribution in [0.5, 0.6) is 0 Å². The van der Waals surface area contributed by atoms with Crippen molar-refractivity contribution in [3.63, 3.8) is 0 Å². The first-order valence-electron chi connectivity index (χ1n) is 7.24. The van der Waals surface area contributed by atoms with Crippen LogP contribution in [0.15, 0.2) is 22.1 Å². The average molecular weight is 309 g/mol. The second-order valence-corrected chi connectivity index (χ2v) is 7.38. The lowest BCUT2D eigenvalue weighted by Gasteiger charge is -2.53. The molecule has 0 saturated heterocycles. The molecule has 0 aromatic heterocycles. The van der Waals surface area contributed by atoms with Crippen molar-refractivity contribution in [2.45, 2.75) is 51.6 Å². The van der Waals surface area contributed by atoms with E-state index < -0.39 is 11.2 Å². The molecule has 1 aliphatic carbocycles. The largest absolute Gasteiger partial charge is 0.609 e. The zero-order chi connectivity index (χ0) is 15.8. The Labute approximate surface area is 129 Å². The fourth-order valence-electron chi connectivity index (χ4n) is 3.18. The van der Waals surface area contributed by atoms with Crippen LogP contribution < -0.4 is 0 Å². The summed E-state index contributed by atoms with van der Waals surface area (Å²) >= 11 is -1.24. The second kappa shape index (κ2) is 5.93. The molecule has 1 heterocycles. The number of hydrogen-bond donors (Lipinski definition) is 0. The van der Waals surface area contributed by atoms with Gasteiger partial charge in [-0.1, -0.05) is 26.0 Å². The molecule has 2 aliphatic rings. The summed E-state index contributed by atoms with van der Waals surface area (Å²) in [6.07, 6.45) is 4.83. The summed E-state index contributed by atoms with van der Waals surface area (Å²) in [5, 5.41) is 0.319. The predicted octanol–water partition coefficient (Wildman–Crippen LogP) is 2.11. The van der Waals surface area contributed by atoms with Gasteiger partial charge in [0.15, 0.2) is 0 Å². The number of amides is 1. The average Bonchev–Trinajstić information content (AvgIpc) is 2.41. The highest BCUT2D eigenvalue weighted by Gasteiger charge is 2.50. The smallest absolute Gasteiger partial charge is 0.339 e. The van der Waals surface area contributed by atoms with E-state index in [2.05, 4.69) is 30.4 Å². The van der Waals surface area contributed by atoms with E-state index >= 15 is 0 Å². The summed E-state index contributed by atoms with van der Waals surface area (Å²) in [5.74, 6) is 0.920. The fourth-order valence-corrected chi connectivity index (χ4v) is 3.75. The normalized spacial score (nSPS) is 30.4. The number of carbonyl (C=O) groups excluding carboxylic acids is 1. The van der Waals surface area contributed by atoms with Crippen LogP contribution in [0.3, 0.4) is 0 Å². The molecule has 116 valence electrons. The highest BCUT2D eigenvalue weighted by atomic mass is 32.2. The van der Waals surface area contributed by atoms with E-state index in [1.807, 2.05) is 6.92 Å². The maximum atomic E-state index is 11.8. The highest BCUT2D eigenvalue weighted by molar-refractivity contribution is 8.05. The van der Waals surface area contributed by atoms with E-state index in [9.17, 15) is 9.35 Å². The highest BCUT2D eigenvalue weighted by Crippen LogP contribution is 2.47. The maximum absolute atomic E-state index is 11.8. The Balaban J connectivity index is 2.40. The molecule has 0 spiro atoms. The first-order valence-corrected chi connectivity index (χ1v) is 8.80. The van der Waals surface area contributed by atoms with E-state index in [4.69, 9.17) is 0 Å². The molecule has 2 rings (SSSR count). The van der Waals surface area contributed by atoms with Crippen molar-refractivity contribution in [1.82, 2.24) is 4.90 Å². The molecular weight excluding hydrogens is 286 g/mol. The lowest BCUT2D eigenvalue weighted by atomic mass is 9.64. The van der Waals surface area contributed by atoms with Gasteiger partial charge >= 0.3 is 5.17 Å². The molecule has 3 atom stereocenters. The van der Waals surface area contributed by atoms with Crippen molar-refractivity contribution >= 4 is 28.6 Å². The molecule has 1 amide bonds. The van der Waals surface area contributed by atoms with Crippen molar-refractivity contribution in [2.75, 3.05) is 6.26 Å². The third-order valence-corrected chi connectivity index (χ3v) is 5.19. The topological polar surface area (TPSA) is 68.1 Å². The first-order chi connectivity index (χ1) is 9.82. The third kappa shape index (κ3) is 2.66. The quantitative estimate of drug-likeness (QED) is 0.455. The summed E-state index contributed by atoms with van der Waals surface area (Å²) in [4.78, 5) is 22.2. The second-order valence-electron chi connectivity index (χ2n) is 6.10. The molecule has 0 aromatic rings. The van der Waals surface area contributed by atoms with Crippen LogP contribution in [0, 0.1) is 5.92 Å². The molecule has 1 saturated carbocycles. The fraction of sp³-hybridized carbons (Fsp3) is 0.667. The summed E-state index contributed by atoms with van der Waals surface area (Å²) in [6.45, 7) is 10.3. The Hall–Kier alpha value is -1.14. The molecule has 5 nitrogen and oxygen atoms in total. The summed E-state index contributed by atoms with van der Waals surface area (Å²) < 4.78 is 11.7. The van der Waals surface area contributed by atoms with Gasteiger partial charge in [0.1, 0.15) is 12.1 Å². The van der Waals surface area contributed by atoms with Gasteiger partial charge < -0.3 is 4.55 Å². The van der Waals surface area contributed by atoms with Crippen molar-refractivity contribution in [1.29, 1.82) is 0 Å². The molecule has 0 radical (unpaired) electrons. The van der Waals surface area contributed by atoms with Gasteiger partial charge in [0.05, 0.1) is 11.6 Å². The van der Waals surface area contributed by atoms with Gasteiger partial charge in [-0.25, -0.2) is 4.99 Å². The minimum Gasteiger partial charge on any atom is -0.609 e. The monoisotopic (exact) mass is 309 g/mol. The summed E-state index contributed by atoms with van der Waals surface area (Å²) in [5.41, 5.74) is 0.722. The molecule has 0 N–H and O–H groups in total. The van der Waals surface area contributed by atoms with Crippen molar-refractivity contribution in [3.05, 3.63) is 12.2 Å². The number of amidine groups is 2. The molecular formula is C15H23N3O2S. The van der Waals surface area contributed by atoms with Crippen LogP contribution in [0.25, 0.3) is 0 Å².